The number of carbonyl (C=O) groups is 2. The van der Waals surface area contributed by atoms with Gasteiger partial charge in [-0.15, -0.1) is 0 Å². The minimum atomic E-state index is -0.403. The van der Waals surface area contributed by atoms with Crippen molar-refractivity contribution in [1.82, 2.24) is 9.91 Å². The Bertz CT molecular complexity index is 1110. The van der Waals surface area contributed by atoms with Gasteiger partial charge in [-0.25, -0.2) is 5.01 Å². The number of rotatable bonds is 8. The van der Waals surface area contributed by atoms with E-state index in [0.717, 1.165) is 35.2 Å². The van der Waals surface area contributed by atoms with Gasteiger partial charge in [0.1, 0.15) is 17.5 Å². The van der Waals surface area contributed by atoms with Gasteiger partial charge in [0.15, 0.2) is 0 Å². The highest BCUT2D eigenvalue weighted by molar-refractivity contribution is 6.03. The number of methoxy groups -OCH3 is 2. The van der Waals surface area contributed by atoms with Crippen molar-refractivity contribution >= 4 is 17.6 Å². The Balaban J connectivity index is 1.64. The molecule has 192 valence electrons. The van der Waals surface area contributed by atoms with Crippen LogP contribution in [0.3, 0.4) is 0 Å². The molecule has 1 amide bonds. The fourth-order valence-corrected chi connectivity index (χ4v) is 4.93. The third-order valence-electron chi connectivity index (χ3n) is 6.86. The van der Waals surface area contributed by atoms with E-state index in [-0.39, 0.29) is 24.5 Å². The van der Waals surface area contributed by atoms with Gasteiger partial charge >= 0.3 is 5.97 Å². The Morgan fingerprint density at radius 2 is 1.83 bits per heavy atom. The Labute approximate surface area is 212 Å². The van der Waals surface area contributed by atoms with Crippen LogP contribution in [0.15, 0.2) is 47.6 Å². The monoisotopic (exact) mass is 493 g/mol. The molecule has 2 aliphatic rings. The molecule has 0 N–H and O–H groups in total. The van der Waals surface area contributed by atoms with Gasteiger partial charge in [0.2, 0.25) is 0 Å². The zero-order valence-corrected chi connectivity index (χ0v) is 21.5. The predicted molar refractivity (Wildman–Crippen MR) is 137 cm³/mol. The third-order valence-corrected chi connectivity index (χ3v) is 6.86. The van der Waals surface area contributed by atoms with Crippen molar-refractivity contribution in [3.63, 3.8) is 0 Å². The van der Waals surface area contributed by atoms with E-state index >= 15 is 0 Å². The SMILES string of the molecule is CCOC(=O)[C@@H]1CCCCN1CC(=O)N1N=C(c2ccc(C)cc2)C[C@H]1c1ccc(OC)cc1OC. The van der Waals surface area contributed by atoms with Gasteiger partial charge in [-0.1, -0.05) is 36.2 Å². The van der Waals surface area contributed by atoms with Gasteiger partial charge in [0.05, 0.1) is 39.1 Å². The molecule has 0 spiro atoms. The average Bonchev–Trinajstić information content (AvgIpc) is 3.34. The molecule has 4 rings (SSSR count). The second-order valence-electron chi connectivity index (χ2n) is 9.21. The third kappa shape index (κ3) is 5.54. The van der Waals surface area contributed by atoms with E-state index in [0.29, 0.717) is 37.5 Å². The van der Waals surface area contributed by atoms with Crippen molar-refractivity contribution in [3.8, 4) is 11.5 Å². The molecular formula is C28H35N3O5. The second-order valence-corrected chi connectivity index (χ2v) is 9.21. The van der Waals surface area contributed by atoms with Crippen LogP contribution in [0.4, 0.5) is 0 Å². The molecule has 0 aliphatic carbocycles. The van der Waals surface area contributed by atoms with E-state index in [2.05, 4.69) is 0 Å². The lowest BCUT2D eigenvalue weighted by Crippen LogP contribution is -2.49. The van der Waals surface area contributed by atoms with Crippen molar-refractivity contribution < 1.29 is 23.8 Å². The van der Waals surface area contributed by atoms with Gasteiger partial charge in [0.25, 0.3) is 5.91 Å². The largest absolute Gasteiger partial charge is 0.497 e. The number of hydrazone groups is 1. The lowest BCUT2D eigenvalue weighted by atomic mass is 9.97. The second kappa shape index (κ2) is 11.6. The molecule has 0 unspecified atom stereocenters. The molecule has 8 heteroatoms. The van der Waals surface area contributed by atoms with E-state index in [9.17, 15) is 9.59 Å². The van der Waals surface area contributed by atoms with Crippen molar-refractivity contribution in [2.45, 2.75) is 51.6 Å². The highest BCUT2D eigenvalue weighted by Gasteiger charge is 2.38. The normalized spacial score (nSPS) is 20.1. The maximum atomic E-state index is 13.7. The highest BCUT2D eigenvalue weighted by atomic mass is 16.5. The van der Waals surface area contributed by atoms with E-state index in [1.807, 2.05) is 54.3 Å². The average molecular weight is 494 g/mol. The maximum Gasteiger partial charge on any atom is 0.323 e. The smallest absolute Gasteiger partial charge is 0.323 e. The zero-order chi connectivity index (χ0) is 25.7. The first-order valence-corrected chi connectivity index (χ1v) is 12.5. The summed E-state index contributed by atoms with van der Waals surface area (Å²) in [5.74, 6) is 0.899. The number of carbonyl (C=O) groups excluding carboxylic acids is 2. The van der Waals surface area contributed by atoms with Gasteiger partial charge in [-0.05, 0) is 50.9 Å². The minimum Gasteiger partial charge on any atom is -0.497 e. The number of benzene rings is 2. The number of amides is 1. The summed E-state index contributed by atoms with van der Waals surface area (Å²) in [5.41, 5.74) is 3.84. The summed E-state index contributed by atoms with van der Waals surface area (Å²) in [6.07, 6.45) is 3.13. The Morgan fingerprint density at radius 3 is 2.53 bits per heavy atom. The Kier molecular flexibility index (Phi) is 8.25. The van der Waals surface area contributed by atoms with Crippen molar-refractivity contribution in [3.05, 3.63) is 59.2 Å². The Morgan fingerprint density at radius 1 is 1.06 bits per heavy atom. The molecule has 2 aromatic carbocycles. The topological polar surface area (TPSA) is 80.7 Å². The molecule has 1 saturated heterocycles. The summed E-state index contributed by atoms with van der Waals surface area (Å²) in [6.45, 7) is 4.94. The number of aryl methyl sites for hydroxylation is 1. The standard InChI is InChI=1S/C28H35N3O5/c1-5-36-28(33)24-8-6-7-15-30(24)18-27(32)31-25(22-14-13-21(34-3)16-26(22)35-4)17-23(29-31)20-11-9-19(2)10-12-20/h9-14,16,24-25H,5-8,15,17-18H2,1-4H3/t24-,25-/m0/s1. The number of ether oxygens (including phenoxy) is 3. The Hall–Kier alpha value is -3.39. The van der Waals surface area contributed by atoms with E-state index in [1.54, 1.807) is 26.2 Å². The molecule has 36 heavy (non-hydrogen) atoms. The molecule has 1 fully saturated rings. The highest BCUT2D eigenvalue weighted by Crippen LogP contribution is 2.39. The fraction of sp³-hybridized carbons (Fsp3) is 0.464. The summed E-state index contributed by atoms with van der Waals surface area (Å²) in [6, 6.07) is 13.0. The lowest BCUT2D eigenvalue weighted by molar-refractivity contribution is -0.152. The molecule has 0 radical (unpaired) electrons. The number of hydrogen-bond acceptors (Lipinski definition) is 7. The maximum absolute atomic E-state index is 13.7. The first-order chi connectivity index (χ1) is 17.4. The summed E-state index contributed by atoms with van der Waals surface area (Å²) >= 11 is 0. The lowest BCUT2D eigenvalue weighted by Gasteiger charge is -2.34. The van der Waals surface area contributed by atoms with Crippen LogP contribution in [0.2, 0.25) is 0 Å². The number of esters is 1. The van der Waals surface area contributed by atoms with Gasteiger partial charge in [0, 0.05) is 18.1 Å². The van der Waals surface area contributed by atoms with Gasteiger partial charge < -0.3 is 14.2 Å². The summed E-state index contributed by atoms with van der Waals surface area (Å²) < 4.78 is 16.3. The van der Waals surface area contributed by atoms with E-state index in [4.69, 9.17) is 19.3 Å². The molecule has 2 heterocycles. The quantitative estimate of drug-likeness (QED) is 0.515. The van der Waals surface area contributed by atoms with Gasteiger partial charge in [-0.3, -0.25) is 14.5 Å². The van der Waals surface area contributed by atoms with E-state index in [1.165, 1.54) is 0 Å². The zero-order valence-electron chi connectivity index (χ0n) is 21.5. The molecule has 2 atom stereocenters. The minimum absolute atomic E-state index is 0.100. The number of nitrogens with zero attached hydrogens (tertiary/aromatic N) is 3. The van der Waals surface area contributed by atoms with Crippen LogP contribution in [0, 0.1) is 6.92 Å². The molecular weight excluding hydrogens is 458 g/mol. The molecule has 2 aliphatic heterocycles. The molecule has 2 aromatic rings. The van der Waals surface area contributed by atoms with Crippen LogP contribution in [0.25, 0.3) is 0 Å². The predicted octanol–water partition coefficient (Wildman–Crippen LogP) is 4.11. The van der Waals surface area contributed by atoms with Crippen molar-refractivity contribution in [2.24, 2.45) is 5.10 Å². The molecule has 8 nitrogen and oxygen atoms in total. The van der Waals surface area contributed by atoms with Crippen molar-refractivity contribution in [1.29, 1.82) is 0 Å². The summed E-state index contributed by atoms with van der Waals surface area (Å²) in [7, 11) is 3.22. The first-order valence-electron chi connectivity index (χ1n) is 12.5. The van der Waals surface area contributed by atoms with Crippen LogP contribution in [-0.4, -0.2) is 67.5 Å². The van der Waals surface area contributed by atoms with Crippen LogP contribution in [0.5, 0.6) is 11.5 Å². The van der Waals surface area contributed by atoms with Crippen LogP contribution in [-0.2, 0) is 14.3 Å². The summed E-state index contributed by atoms with van der Waals surface area (Å²) in [4.78, 5) is 28.2. The van der Waals surface area contributed by atoms with Crippen LogP contribution in [0.1, 0.15) is 55.3 Å². The van der Waals surface area contributed by atoms with E-state index < -0.39 is 6.04 Å². The van der Waals surface area contributed by atoms with Crippen LogP contribution < -0.4 is 9.47 Å². The van der Waals surface area contributed by atoms with Crippen molar-refractivity contribution in [2.75, 3.05) is 33.9 Å². The number of hydrogen-bond donors (Lipinski definition) is 0. The number of likely N-dealkylation sites (tertiary alicyclic amines) is 1. The van der Waals surface area contributed by atoms with Crippen LogP contribution >= 0.6 is 0 Å². The molecule has 0 bridgehead atoms. The number of piperidine rings is 1. The van der Waals surface area contributed by atoms with Gasteiger partial charge in [-0.2, -0.15) is 5.10 Å². The molecule has 0 saturated carbocycles. The summed E-state index contributed by atoms with van der Waals surface area (Å²) in [5, 5.41) is 6.37. The first kappa shape index (κ1) is 25.7. The fourth-order valence-electron chi connectivity index (χ4n) is 4.93. The molecule has 0 aromatic heterocycles.